The first kappa shape index (κ1) is 4.60. The summed E-state index contributed by atoms with van der Waals surface area (Å²) < 4.78 is 0. The van der Waals surface area contributed by atoms with Crippen LogP contribution in [0.25, 0.3) is 0 Å². The van der Waals surface area contributed by atoms with Crippen LogP contribution in [0.2, 0.25) is 0 Å². The van der Waals surface area contributed by atoms with Gasteiger partial charge in [-0.1, -0.05) is 18.6 Å². The first-order chi connectivity index (χ1) is 3.90. The molecule has 0 saturated heterocycles. The third kappa shape index (κ3) is 0.410. The van der Waals surface area contributed by atoms with E-state index in [4.69, 9.17) is 0 Å². The van der Waals surface area contributed by atoms with Crippen LogP contribution in [0.5, 0.6) is 0 Å². The Bertz CT molecular complexity index is 133. The summed E-state index contributed by atoms with van der Waals surface area (Å²) in [5.74, 6) is 2.01. The van der Waals surface area contributed by atoms with Crippen molar-refractivity contribution in [3.63, 3.8) is 0 Å². The second-order valence-electron chi connectivity index (χ2n) is 3.05. The van der Waals surface area contributed by atoms with Gasteiger partial charge in [0.05, 0.1) is 0 Å². The molecule has 0 spiro atoms. The highest BCUT2D eigenvalue weighted by Crippen LogP contribution is 2.47. The fourth-order valence-electron chi connectivity index (χ4n) is 1.97. The van der Waals surface area contributed by atoms with Crippen molar-refractivity contribution in [3.05, 3.63) is 11.6 Å². The summed E-state index contributed by atoms with van der Waals surface area (Å²) >= 11 is 0. The molecule has 1 saturated carbocycles. The first-order valence-electron chi connectivity index (χ1n) is 3.60. The number of fused-ring (bicyclic) bond motifs is 1. The summed E-state index contributed by atoms with van der Waals surface area (Å²) in [5.41, 5.74) is 1.76. The Labute approximate surface area is 50.6 Å². The highest BCUT2D eigenvalue weighted by Gasteiger charge is 2.34. The van der Waals surface area contributed by atoms with Crippen molar-refractivity contribution in [2.24, 2.45) is 11.8 Å². The Hall–Kier alpha value is -0.260. The molecule has 0 aromatic carbocycles. The summed E-state index contributed by atoms with van der Waals surface area (Å²) in [5, 5.41) is 0. The Morgan fingerprint density at radius 2 is 2.50 bits per heavy atom. The van der Waals surface area contributed by atoms with E-state index in [1.807, 2.05) is 0 Å². The van der Waals surface area contributed by atoms with Gasteiger partial charge in [0.1, 0.15) is 0 Å². The van der Waals surface area contributed by atoms with Gasteiger partial charge in [0.2, 0.25) is 0 Å². The van der Waals surface area contributed by atoms with Crippen LogP contribution in [0.1, 0.15) is 26.2 Å². The maximum atomic E-state index is 2.47. The van der Waals surface area contributed by atoms with Gasteiger partial charge in [-0.2, -0.15) is 0 Å². The lowest BCUT2D eigenvalue weighted by atomic mass is 9.95. The van der Waals surface area contributed by atoms with Crippen molar-refractivity contribution in [1.82, 2.24) is 0 Å². The van der Waals surface area contributed by atoms with Crippen LogP contribution >= 0.6 is 0 Å². The molecule has 2 unspecified atom stereocenters. The predicted molar refractivity (Wildman–Crippen MR) is 34.6 cm³/mol. The second-order valence-corrected chi connectivity index (χ2v) is 3.05. The largest absolute Gasteiger partial charge is 0.0816 e. The van der Waals surface area contributed by atoms with E-state index >= 15 is 0 Å². The van der Waals surface area contributed by atoms with Crippen LogP contribution in [-0.4, -0.2) is 0 Å². The van der Waals surface area contributed by atoms with Gasteiger partial charge in [-0.05, 0) is 31.1 Å². The molecule has 0 aromatic rings. The normalized spacial score (nSPS) is 41.4. The molecule has 0 aliphatic heterocycles. The summed E-state index contributed by atoms with van der Waals surface area (Å²) in [4.78, 5) is 0. The van der Waals surface area contributed by atoms with E-state index in [0.717, 1.165) is 11.8 Å². The molecule has 0 heteroatoms. The molecule has 44 valence electrons. The third-order valence-corrected chi connectivity index (χ3v) is 2.55. The molecule has 2 bridgehead atoms. The minimum absolute atomic E-state index is 1.000. The zero-order valence-electron chi connectivity index (χ0n) is 5.35. The van der Waals surface area contributed by atoms with Crippen LogP contribution in [0.15, 0.2) is 11.6 Å². The maximum Gasteiger partial charge on any atom is -0.0188 e. The van der Waals surface area contributed by atoms with Gasteiger partial charge < -0.3 is 0 Å². The summed E-state index contributed by atoms with van der Waals surface area (Å²) in [6, 6.07) is 0. The molecule has 1 fully saturated rings. The molecule has 2 atom stereocenters. The average Bonchev–Trinajstić information content (AvgIpc) is 2.15. The van der Waals surface area contributed by atoms with Crippen LogP contribution in [0, 0.1) is 11.8 Å². The zero-order valence-corrected chi connectivity index (χ0v) is 5.35. The standard InChI is InChI=1S/C8H12/c1-2-7-3-6-4-8(7)5-6/h4,6-7H,2-3,5H2,1H3. The van der Waals surface area contributed by atoms with E-state index < -0.39 is 0 Å². The van der Waals surface area contributed by atoms with Crippen LogP contribution in [-0.2, 0) is 0 Å². The molecule has 0 amide bonds. The summed E-state index contributed by atoms with van der Waals surface area (Å²) in [6.07, 6.45) is 6.76. The quantitative estimate of drug-likeness (QED) is 0.452. The van der Waals surface area contributed by atoms with E-state index in [2.05, 4.69) is 13.0 Å². The SMILES string of the molecule is CCC1CC2C=C1C2. The Kier molecular flexibility index (Phi) is 0.787. The van der Waals surface area contributed by atoms with Crippen LogP contribution in [0.4, 0.5) is 0 Å². The first-order valence-corrected chi connectivity index (χ1v) is 3.60. The number of rotatable bonds is 1. The van der Waals surface area contributed by atoms with Gasteiger partial charge in [-0.15, -0.1) is 0 Å². The van der Waals surface area contributed by atoms with Gasteiger partial charge in [0.15, 0.2) is 0 Å². The minimum Gasteiger partial charge on any atom is -0.0816 e. The van der Waals surface area contributed by atoms with Crippen molar-refractivity contribution in [2.45, 2.75) is 26.2 Å². The molecule has 0 heterocycles. The summed E-state index contributed by atoms with van der Waals surface area (Å²) in [7, 11) is 0. The molecule has 0 aromatic heterocycles. The van der Waals surface area contributed by atoms with Crippen LogP contribution < -0.4 is 0 Å². The summed E-state index contributed by atoms with van der Waals surface area (Å²) in [6.45, 7) is 2.30. The van der Waals surface area contributed by atoms with E-state index in [-0.39, 0.29) is 0 Å². The predicted octanol–water partition coefficient (Wildman–Crippen LogP) is 2.36. The van der Waals surface area contributed by atoms with E-state index in [1.54, 1.807) is 5.57 Å². The fourth-order valence-corrected chi connectivity index (χ4v) is 1.97. The second kappa shape index (κ2) is 1.37. The maximum absolute atomic E-state index is 2.47. The van der Waals surface area contributed by atoms with Gasteiger partial charge in [0.25, 0.3) is 0 Å². The Morgan fingerprint density at radius 3 is 2.75 bits per heavy atom. The highest BCUT2D eigenvalue weighted by atomic mass is 14.4. The van der Waals surface area contributed by atoms with Crippen molar-refractivity contribution >= 4 is 0 Å². The van der Waals surface area contributed by atoms with Crippen molar-refractivity contribution in [3.8, 4) is 0 Å². The van der Waals surface area contributed by atoms with Gasteiger partial charge in [-0.3, -0.25) is 0 Å². The molecular formula is C8H12. The molecule has 3 aliphatic rings. The fraction of sp³-hybridized carbons (Fsp3) is 0.750. The molecule has 3 aliphatic carbocycles. The number of hydrogen-bond acceptors (Lipinski definition) is 0. The Morgan fingerprint density at radius 1 is 1.75 bits per heavy atom. The van der Waals surface area contributed by atoms with E-state index in [1.165, 1.54) is 19.3 Å². The van der Waals surface area contributed by atoms with Gasteiger partial charge in [0, 0.05) is 0 Å². The van der Waals surface area contributed by atoms with Crippen molar-refractivity contribution < 1.29 is 0 Å². The minimum atomic E-state index is 1.000. The van der Waals surface area contributed by atoms with Crippen LogP contribution in [0.3, 0.4) is 0 Å². The molecular weight excluding hydrogens is 96.1 g/mol. The average molecular weight is 108 g/mol. The number of allylic oxidation sites excluding steroid dienone is 2. The van der Waals surface area contributed by atoms with Crippen molar-refractivity contribution in [2.75, 3.05) is 0 Å². The number of hydrogen-bond donors (Lipinski definition) is 0. The molecule has 8 heavy (non-hydrogen) atoms. The zero-order chi connectivity index (χ0) is 5.56. The Balaban J connectivity index is 2.12. The monoisotopic (exact) mass is 108 g/mol. The highest BCUT2D eigenvalue weighted by molar-refractivity contribution is 5.26. The molecule has 0 N–H and O–H groups in total. The van der Waals surface area contributed by atoms with Gasteiger partial charge in [-0.25, -0.2) is 0 Å². The lowest BCUT2D eigenvalue weighted by molar-refractivity contribution is 0.587. The third-order valence-electron chi connectivity index (χ3n) is 2.55. The van der Waals surface area contributed by atoms with Crippen molar-refractivity contribution in [1.29, 1.82) is 0 Å². The topological polar surface area (TPSA) is 0 Å². The lowest BCUT2D eigenvalue weighted by Gasteiger charge is -2.11. The van der Waals surface area contributed by atoms with Gasteiger partial charge >= 0.3 is 0 Å². The molecule has 0 radical (unpaired) electrons. The lowest BCUT2D eigenvalue weighted by Crippen LogP contribution is -1.96. The van der Waals surface area contributed by atoms with E-state index in [9.17, 15) is 0 Å². The van der Waals surface area contributed by atoms with E-state index in [0.29, 0.717) is 0 Å². The molecule has 0 nitrogen and oxygen atoms in total. The smallest absolute Gasteiger partial charge is 0.0188 e. The molecule has 3 rings (SSSR count).